The zero-order valence-electron chi connectivity index (χ0n) is 11.5. The molecule has 1 aliphatic rings. The highest BCUT2D eigenvalue weighted by Crippen LogP contribution is 2.04. The summed E-state index contributed by atoms with van der Waals surface area (Å²) in [5.74, 6) is 0. The molecule has 0 saturated carbocycles. The Balaban J connectivity index is 0. The topological polar surface area (TPSA) is 31.9 Å². The highest BCUT2D eigenvalue weighted by atomic mass is 15.1. The first-order chi connectivity index (χ1) is 7.31. The normalized spacial score (nSPS) is 15.8. The smallest absolute Gasteiger partial charge is 0.0880 e. The van der Waals surface area contributed by atoms with E-state index in [1.807, 2.05) is 20.9 Å². The molecule has 3 N–H and O–H groups in total. The lowest BCUT2D eigenvalue weighted by Crippen LogP contribution is -2.81. The van der Waals surface area contributed by atoms with Crippen LogP contribution in [-0.2, 0) is 0 Å². The zero-order chi connectivity index (χ0) is 11.9. The van der Waals surface area contributed by atoms with Crippen LogP contribution in [0.2, 0.25) is 0 Å². The molecule has 0 atom stereocenters. The van der Waals surface area contributed by atoms with Crippen molar-refractivity contribution in [2.45, 2.75) is 33.1 Å². The number of piperidine rings is 1. The monoisotopic (exact) mass is 218 g/mol. The minimum absolute atomic E-state index is 1.11. The van der Waals surface area contributed by atoms with Crippen molar-refractivity contribution < 1.29 is 5.32 Å². The van der Waals surface area contributed by atoms with Gasteiger partial charge in [-0.15, -0.1) is 0 Å². The second-order valence-corrected chi connectivity index (χ2v) is 3.66. The summed E-state index contributed by atoms with van der Waals surface area (Å²) in [7, 11) is 6.22. The first-order valence-corrected chi connectivity index (χ1v) is 6.42. The van der Waals surface area contributed by atoms with Crippen LogP contribution in [0.4, 0.5) is 0 Å². The predicted octanol–water partition coefficient (Wildman–Crippen LogP) is 0.527. The Morgan fingerprint density at radius 1 is 1.13 bits per heavy atom. The van der Waals surface area contributed by atoms with Crippen molar-refractivity contribution in [1.82, 2.24) is 10.2 Å². The molecular weight excluding hydrogens is 186 g/mol. The van der Waals surface area contributed by atoms with Crippen molar-refractivity contribution in [3.63, 3.8) is 0 Å². The first kappa shape index (κ1) is 17.3. The van der Waals surface area contributed by atoms with Gasteiger partial charge in [0.2, 0.25) is 0 Å². The van der Waals surface area contributed by atoms with E-state index < -0.39 is 0 Å². The number of quaternary nitrogens is 1. The maximum atomic E-state index is 3.04. The molecule has 0 unspecified atom stereocenters. The van der Waals surface area contributed by atoms with Gasteiger partial charge in [0.1, 0.15) is 0 Å². The van der Waals surface area contributed by atoms with Crippen molar-refractivity contribution in [3.8, 4) is 0 Å². The lowest BCUT2D eigenvalue weighted by molar-refractivity contribution is -0.625. The minimum atomic E-state index is 1.11. The van der Waals surface area contributed by atoms with Crippen LogP contribution in [0.25, 0.3) is 0 Å². The van der Waals surface area contributed by atoms with Crippen molar-refractivity contribution in [1.29, 1.82) is 0 Å². The third-order valence-corrected chi connectivity index (χ3v) is 2.26. The molecule has 0 aliphatic carbocycles. The summed E-state index contributed by atoms with van der Waals surface area (Å²) < 4.78 is 0. The van der Waals surface area contributed by atoms with Crippen molar-refractivity contribution in [2.24, 2.45) is 0 Å². The van der Waals surface area contributed by atoms with E-state index >= 15 is 0 Å². The van der Waals surface area contributed by atoms with Crippen molar-refractivity contribution in [2.75, 3.05) is 47.3 Å². The molecular formula is C12H32N3+. The van der Waals surface area contributed by atoms with E-state index in [1.165, 1.54) is 38.9 Å². The maximum absolute atomic E-state index is 3.04. The van der Waals surface area contributed by atoms with Crippen molar-refractivity contribution >= 4 is 0 Å². The summed E-state index contributed by atoms with van der Waals surface area (Å²) in [6, 6.07) is 0. The largest absolute Gasteiger partial charge is 0.348 e. The molecule has 1 aliphatic heterocycles. The maximum Gasteiger partial charge on any atom is 0.0880 e. The quantitative estimate of drug-likeness (QED) is 0.677. The Kier molecular flexibility index (Phi) is 18.8. The van der Waals surface area contributed by atoms with Gasteiger partial charge in [-0.2, -0.15) is 0 Å². The number of likely N-dealkylation sites (N-methyl/N-ethyl adjacent to an activating group) is 2. The van der Waals surface area contributed by atoms with Crippen molar-refractivity contribution in [3.05, 3.63) is 0 Å². The van der Waals surface area contributed by atoms with Crippen LogP contribution >= 0.6 is 0 Å². The second kappa shape index (κ2) is 16.3. The van der Waals surface area contributed by atoms with Crippen LogP contribution in [0.1, 0.15) is 33.1 Å². The van der Waals surface area contributed by atoms with Gasteiger partial charge in [0.05, 0.1) is 13.6 Å². The van der Waals surface area contributed by atoms with Gasteiger partial charge in [0, 0.05) is 6.54 Å². The molecule has 0 aromatic heterocycles. The lowest BCUT2D eigenvalue weighted by Gasteiger charge is -2.20. The molecule has 0 aromatic carbocycles. The van der Waals surface area contributed by atoms with Gasteiger partial charge in [-0.25, -0.2) is 0 Å². The average Bonchev–Trinajstić information content (AvgIpc) is 2.31. The molecule has 1 fully saturated rings. The molecule has 3 heteroatoms. The summed E-state index contributed by atoms with van der Waals surface area (Å²) in [5, 5.41) is 5.19. The summed E-state index contributed by atoms with van der Waals surface area (Å²) in [6.45, 7) is 8.92. The molecule has 0 spiro atoms. The van der Waals surface area contributed by atoms with Gasteiger partial charge in [-0.05, 0) is 40.0 Å². The highest BCUT2D eigenvalue weighted by molar-refractivity contribution is 4.58. The Labute approximate surface area is 96.6 Å². The van der Waals surface area contributed by atoms with E-state index in [9.17, 15) is 0 Å². The van der Waals surface area contributed by atoms with E-state index in [1.54, 1.807) is 0 Å². The van der Waals surface area contributed by atoms with Crippen LogP contribution in [-0.4, -0.2) is 52.2 Å². The van der Waals surface area contributed by atoms with E-state index in [4.69, 9.17) is 0 Å². The number of likely N-dealkylation sites (tertiary alicyclic amines) is 1. The van der Waals surface area contributed by atoms with Gasteiger partial charge >= 0.3 is 0 Å². The molecule has 3 nitrogen and oxygen atoms in total. The van der Waals surface area contributed by atoms with Gasteiger partial charge in [0.25, 0.3) is 0 Å². The fraction of sp³-hybridized carbons (Fsp3) is 1.00. The Morgan fingerprint density at radius 3 is 1.87 bits per heavy atom. The number of nitrogens with two attached hydrogens (primary N) is 1. The number of hydrogen-bond acceptors (Lipinski definition) is 2. The second-order valence-electron chi connectivity index (χ2n) is 3.66. The molecule has 1 rings (SSSR count). The Bertz CT molecular complexity index is 86.9. The minimum Gasteiger partial charge on any atom is -0.348 e. The number of nitrogens with zero attached hydrogens (tertiary/aromatic N) is 1. The summed E-state index contributed by atoms with van der Waals surface area (Å²) in [4.78, 5) is 2.39. The zero-order valence-corrected chi connectivity index (χ0v) is 11.5. The van der Waals surface area contributed by atoms with Gasteiger partial charge in [-0.1, -0.05) is 20.3 Å². The Hall–Kier alpha value is -0.120. The van der Waals surface area contributed by atoms with Crippen LogP contribution in [0.3, 0.4) is 0 Å². The molecule has 94 valence electrons. The molecule has 0 amide bonds. The van der Waals surface area contributed by atoms with E-state index in [2.05, 4.69) is 29.6 Å². The molecule has 1 heterocycles. The van der Waals surface area contributed by atoms with Crippen LogP contribution in [0.15, 0.2) is 0 Å². The number of hydrogen-bond donors (Lipinski definition) is 2. The highest BCUT2D eigenvalue weighted by Gasteiger charge is 2.02. The fourth-order valence-corrected chi connectivity index (χ4v) is 1.34. The van der Waals surface area contributed by atoms with Crippen LogP contribution in [0, 0.1) is 0 Å². The van der Waals surface area contributed by atoms with Gasteiger partial charge < -0.3 is 15.5 Å². The Morgan fingerprint density at radius 2 is 1.67 bits per heavy atom. The van der Waals surface area contributed by atoms with Gasteiger partial charge in [0.15, 0.2) is 0 Å². The average molecular weight is 218 g/mol. The third-order valence-electron chi connectivity index (χ3n) is 2.26. The lowest BCUT2D eigenvalue weighted by atomic mass is 10.1. The predicted molar refractivity (Wildman–Crippen MR) is 69.3 cm³/mol. The summed E-state index contributed by atoms with van der Waals surface area (Å²) in [5.41, 5.74) is 0. The van der Waals surface area contributed by atoms with E-state index in [0.29, 0.717) is 0 Å². The van der Waals surface area contributed by atoms with E-state index in [0.717, 1.165) is 6.54 Å². The van der Waals surface area contributed by atoms with E-state index in [-0.39, 0.29) is 0 Å². The summed E-state index contributed by atoms with van der Waals surface area (Å²) >= 11 is 0. The standard InChI is InChI=1S/C6H13N.C4H12N2.C2H6/c1-7-5-3-2-4-6-7;1-5-3-4-6-2;1-2/h2-6H2,1H3;5-6H,3-4H2,1-2H3;1-2H3/p+1. The molecule has 0 bridgehead atoms. The molecule has 0 aromatic rings. The number of rotatable bonds is 3. The first-order valence-electron chi connectivity index (χ1n) is 6.42. The van der Waals surface area contributed by atoms with Crippen LogP contribution < -0.4 is 10.6 Å². The van der Waals surface area contributed by atoms with Crippen LogP contribution in [0.5, 0.6) is 0 Å². The third kappa shape index (κ3) is 16.5. The molecule has 1 saturated heterocycles. The van der Waals surface area contributed by atoms with Gasteiger partial charge in [-0.3, -0.25) is 0 Å². The fourth-order valence-electron chi connectivity index (χ4n) is 1.34. The number of nitrogens with one attached hydrogen (secondary N) is 1. The molecule has 15 heavy (non-hydrogen) atoms. The SMILES string of the molecule is CC.CN1CCCCC1.CNCC[NH2+]C. The molecule has 0 radical (unpaired) electrons. The summed E-state index contributed by atoms with van der Waals surface area (Å²) in [6.07, 6.45) is 4.28.